The molecule has 2 heterocycles. The average molecular weight is 252 g/mol. The highest BCUT2D eigenvalue weighted by Crippen LogP contribution is 2.30. The van der Waals surface area contributed by atoms with Gasteiger partial charge in [0.25, 0.3) is 0 Å². The van der Waals surface area contributed by atoms with Gasteiger partial charge in [-0.3, -0.25) is 0 Å². The fraction of sp³-hybridized carbons (Fsp3) is 0.417. The Balaban J connectivity index is 1.94. The van der Waals surface area contributed by atoms with Crippen LogP contribution in [0.3, 0.4) is 0 Å². The van der Waals surface area contributed by atoms with Gasteiger partial charge in [0, 0.05) is 13.7 Å². The van der Waals surface area contributed by atoms with Crippen LogP contribution < -0.4 is 4.90 Å². The number of rotatable bonds is 2. The van der Waals surface area contributed by atoms with Crippen LogP contribution in [0.1, 0.15) is 6.42 Å². The van der Waals surface area contributed by atoms with Crippen molar-refractivity contribution in [3.8, 4) is 0 Å². The van der Waals surface area contributed by atoms with E-state index in [0.717, 1.165) is 35.0 Å². The highest BCUT2D eigenvalue weighted by molar-refractivity contribution is 7.22. The molecular formula is C12H13FN2OS. The van der Waals surface area contributed by atoms with E-state index in [0.29, 0.717) is 6.04 Å². The number of halogens is 1. The number of nitrogens with zero attached hydrogens (tertiary/aromatic N) is 2. The predicted octanol–water partition coefficient (Wildman–Crippen LogP) is 2.66. The maximum Gasteiger partial charge on any atom is 0.186 e. The maximum absolute atomic E-state index is 13.1. The van der Waals surface area contributed by atoms with E-state index in [-0.39, 0.29) is 5.82 Å². The SMILES string of the molecule is CN(c1nc2ccc(F)cc2s1)C1CCOC1. The Morgan fingerprint density at radius 3 is 3.18 bits per heavy atom. The van der Waals surface area contributed by atoms with Crippen molar-refractivity contribution >= 4 is 26.7 Å². The average Bonchev–Trinajstić information content (AvgIpc) is 2.96. The smallest absolute Gasteiger partial charge is 0.186 e. The van der Waals surface area contributed by atoms with Gasteiger partial charge >= 0.3 is 0 Å². The van der Waals surface area contributed by atoms with Gasteiger partial charge in [-0.25, -0.2) is 9.37 Å². The minimum Gasteiger partial charge on any atom is -0.379 e. The zero-order chi connectivity index (χ0) is 11.8. The highest BCUT2D eigenvalue weighted by Gasteiger charge is 2.22. The van der Waals surface area contributed by atoms with E-state index in [9.17, 15) is 4.39 Å². The second-order valence-electron chi connectivity index (χ2n) is 4.24. The first-order chi connectivity index (χ1) is 8.24. The van der Waals surface area contributed by atoms with Crippen LogP contribution in [0.25, 0.3) is 10.2 Å². The number of thiazole rings is 1. The van der Waals surface area contributed by atoms with Gasteiger partial charge in [0.05, 0.1) is 22.9 Å². The Morgan fingerprint density at radius 2 is 2.41 bits per heavy atom. The first-order valence-electron chi connectivity index (χ1n) is 5.61. The maximum atomic E-state index is 13.1. The highest BCUT2D eigenvalue weighted by atomic mass is 32.1. The predicted molar refractivity (Wildman–Crippen MR) is 67.2 cm³/mol. The van der Waals surface area contributed by atoms with Crippen LogP contribution in [0.5, 0.6) is 0 Å². The molecule has 0 radical (unpaired) electrons. The van der Waals surface area contributed by atoms with Crippen molar-refractivity contribution in [1.82, 2.24) is 4.98 Å². The Morgan fingerprint density at radius 1 is 1.53 bits per heavy atom. The first-order valence-corrected chi connectivity index (χ1v) is 6.42. The van der Waals surface area contributed by atoms with Gasteiger partial charge in [0.2, 0.25) is 0 Å². The Labute approximate surface area is 103 Å². The van der Waals surface area contributed by atoms with Gasteiger partial charge in [0.15, 0.2) is 5.13 Å². The first kappa shape index (κ1) is 10.9. The molecule has 1 unspecified atom stereocenters. The molecule has 2 aromatic rings. The standard InChI is InChI=1S/C12H13FN2OS/c1-15(9-4-5-16-7-9)12-14-10-3-2-8(13)6-11(10)17-12/h2-3,6,9H,4-5,7H2,1H3. The summed E-state index contributed by atoms with van der Waals surface area (Å²) < 4.78 is 19.4. The minimum atomic E-state index is -0.209. The van der Waals surface area contributed by atoms with Gasteiger partial charge in [-0.05, 0) is 24.6 Å². The molecule has 0 spiro atoms. The fourth-order valence-electron chi connectivity index (χ4n) is 2.02. The third-order valence-corrected chi connectivity index (χ3v) is 4.20. The lowest BCUT2D eigenvalue weighted by atomic mass is 10.2. The topological polar surface area (TPSA) is 25.4 Å². The third kappa shape index (κ3) is 2.00. The molecule has 1 fully saturated rings. The lowest BCUT2D eigenvalue weighted by molar-refractivity contribution is 0.193. The zero-order valence-corrected chi connectivity index (χ0v) is 10.3. The number of hydrogen-bond acceptors (Lipinski definition) is 4. The summed E-state index contributed by atoms with van der Waals surface area (Å²) >= 11 is 1.53. The molecule has 1 aliphatic rings. The molecule has 1 saturated heterocycles. The summed E-state index contributed by atoms with van der Waals surface area (Å²) in [5.41, 5.74) is 0.858. The van der Waals surface area contributed by atoms with Gasteiger partial charge < -0.3 is 9.64 Å². The van der Waals surface area contributed by atoms with E-state index in [4.69, 9.17) is 4.74 Å². The van der Waals surface area contributed by atoms with Crippen LogP contribution in [-0.2, 0) is 4.74 Å². The molecular weight excluding hydrogens is 239 g/mol. The van der Waals surface area contributed by atoms with E-state index in [1.165, 1.54) is 23.5 Å². The molecule has 0 bridgehead atoms. The third-order valence-electron chi connectivity index (χ3n) is 3.09. The van der Waals surface area contributed by atoms with Crippen LogP contribution in [0, 0.1) is 5.82 Å². The second-order valence-corrected chi connectivity index (χ2v) is 5.25. The second kappa shape index (κ2) is 4.23. The van der Waals surface area contributed by atoms with Crippen molar-refractivity contribution in [2.45, 2.75) is 12.5 Å². The number of anilines is 1. The summed E-state index contributed by atoms with van der Waals surface area (Å²) in [5, 5.41) is 0.932. The number of fused-ring (bicyclic) bond motifs is 1. The van der Waals surface area contributed by atoms with E-state index in [2.05, 4.69) is 9.88 Å². The van der Waals surface area contributed by atoms with Gasteiger partial charge in [0.1, 0.15) is 5.82 Å². The van der Waals surface area contributed by atoms with Gasteiger partial charge in [-0.1, -0.05) is 11.3 Å². The number of benzene rings is 1. The summed E-state index contributed by atoms with van der Waals surface area (Å²) in [6.07, 6.45) is 1.03. The molecule has 0 aliphatic carbocycles. The molecule has 17 heavy (non-hydrogen) atoms. The van der Waals surface area contributed by atoms with Crippen LogP contribution in [0.4, 0.5) is 9.52 Å². The zero-order valence-electron chi connectivity index (χ0n) is 9.52. The van der Waals surface area contributed by atoms with Crippen LogP contribution in [0.15, 0.2) is 18.2 Å². The van der Waals surface area contributed by atoms with E-state index < -0.39 is 0 Å². The van der Waals surface area contributed by atoms with Crippen LogP contribution in [-0.4, -0.2) is 31.3 Å². The lowest BCUT2D eigenvalue weighted by Crippen LogP contribution is -2.31. The summed E-state index contributed by atoms with van der Waals surface area (Å²) in [6.45, 7) is 1.56. The summed E-state index contributed by atoms with van der Waals surface area (Å²) in [4.78, 5) is 6.66. The Bertz CT molecular complexity index is 536. The van der Waals surface area contributed by atoms with Crippen molar-refractivity contribution < 1.29 is 9.13 Å². The monoisotopic (exact) mass is 252 g/mol. The molecule has 0 saturated carbocycles. The van der Waals surface area contributed by atoms with E-state index >= 15 is 0 Å². The normalized spacial score (nSPS) is 20.0. The summed E-state index contributed by atoms with van der Waals surface area (Å²) in [6, 6.07) is 5.10. The number of aromatic nitrogens is 1. The van der Waals surface area contributed by atoms with Crippen molar-refractivity contribution in [3.63, 3.8) is 0 Å². The summed E-state index contributed by atoms with van der Waals surface area (Å²) in [7, 11) is 2.02. The molecule has 3 rings (SSSR count). The largest absolute Gasteiger partial charge is 0.379 e. The molecule has 0 N–H and O–H groups in total. The lowest BCUT2D eigenvalue weighted by Gasteiger charge is -2.21. The minimum absolute atomic E-state index is 0.209. The molecule has 90 valence electrons. The van der Waals surface area contributed by atoms with Gasteiger partial charge in [-0.15, -0.1) is 0 Å². The van der Waals surface area contributed by atoms with Crippen molar-refractivity contribution in [1.29, 1.82) is 0 Å². The van der Waals surface area contributed by atoms with Crippen molar-refractivity contribution in [2.24, 2.45) is 0 Å². The number of likely N-dealkylation sites (N-methyl/N-ethyl adjacent to an activating group) is 1. The van der Waals surface area contributed by atoms with Gasteiger partial charge in [-0.2, -0.15) is 0 Å². The number of hydrogen-bond donors (Lipinski definition) is 0. The van der Waals surface area contributed by atoms with Crippen molar-refractivity contribution in [3.05, 3.63) is 24.0 Å². The molecule has 3 nitrogen and oxygen atoms in total. The van der Waals surface area contributed by atoms with Crippen LogP contribution >= 0.6 is 11.3 Å². The molecule has 1 aromatic heterocycles. The Kier molecular flexibility index (Phi) is 2.72. The number of ether oxygens (including phenoxy) is 1. The molecule has 1 atom stereocenters. The van der Waals surface area contributed by atoms with E-state index in [1.807, 2.05) is 7.05 Å². The van der Waals surface area contributed by atoms with E-state index in [1.54, 1.807) is 6.07 Å². The fourth-order valence-corrected chi connectivity index (χ4v) is 3.04. The molecule has 0 amide bonds. The quantitative estimate of drug-likeness (QED) is 0.821. The van der Waals surface area contributed by atoms with Crippen LogP contribution in [0.2, 0.25) is 0 Å². The molecule has 1 aromatic carbocycles. The molecule has 1 aliphatic heterocycles. The van der Waals surface area contributed by atoms with Crippen molar-refractivity contribution in [2.75, 3.05) is 25.2 Å². The Hall–Kier alpha value is -1.20. The summed E-state index contributed by atoms with van der Waals surface area (Å²) in [5.74, 6) is -0.209. The molecule has 5 heteroatoms.